The van der Waals surface area contributed by atoms with Gasteiger partial charge in [0.2, 0.25) is 5.91 Å². The molecule has 1 heterocycles. The largest absolute Gasteiger partial charge is 0.329 e. The molecule has 0 bridgehead atoms. The van der Waals surface area contributed by atoms with Crippen molar-refractivity contribution >= 4 is 17.7 Å². The van der Waals surface area contributed by atoms with Crippen molar-refractivity contribution in [3.8, 4) is 0 Å². The summed E-state index contributed by atoms with van der Waals surface area (Å²) >= 11 is 0. The van der Waals surface area contributed by atoms with E-state index in [2.05, 4.69) is 5.32 Å². The Labute approximate surface area is 82.4 Å². The number of Topliss-reactive ketones (excluding diaryl/α,β-unsaturated/α-hetero) is 1. The number of ketones is 1. The number of amides is 3. The van der Waals surface area contributed by atoms with E-state index in [1.54, 1.807) is 6.92 Å². The highest BCUT2D eigenvalue weighted by molar-refractivity contribution is 6.01. The van der Waals surface area contributed by atoms with Crippen LogP contribution in [0.5, 0.6) is 0 Å². The summed E-state index contributed by atoms with van der Waals surface area (Å²) in [6.45, 7) is 2.23. The molecule has 1 aliphatic heterocycles. The van der Waals surface area contributed by atoms with E-state index in [1.807, 2.05) is 0 Å². The molecule has 3 amide bonds. The van der Waals surface area contributed by atoms with Crippen LogP contribution in [0.3, 0.4) is 0 Å². The Hall–Kier alpha value is -1.39. The highest BCUT2D eigenvalue weighted by atomic mass is 16.2. The molecule has 0 aliphatic carbocycles. The molecule has 0 aromatic carbocycles. The Bertz CT molecular complexity index is 247. The molecule has 1 aliphatic rings. The van der Waals surface area contributed by atoms with Gasteiger partial charge in [-0.25, -0.2) is 4.79 Å². The molecule has 0 aromatic heterocycles. The van der Waals surface area contributed by atoms with Crippen LogP contribution in [0.15, 0.2) is 0 Å². The molecule has 1 N–H and O–H groups in total. The van der Waals surface area contributed by atoms with E-state index in [0.29, 0.717) is 25.8 Å². The van der Waals surface area contributed by atoms with E-state index in [0.717, 1.165) is 4.90 Å². The van der Waals surface area contributed by atoms with Crippen LogP contribution in [0.2, 0.25) is 0 Å². The van der Waals surface area contributed by atoms with E-state index in [-0.39, 0.29) is 24.3 Å². The van der Waals surface area contributed by atoms with Gasteiger partial charge in [0, 0.05) is 19.4 Å². The second-order valence-electron chi connectivity index (χ2n) is 3.20. The van der Waals surface area contributed by atoms with E-state index in [4.69, 9.17) is 0 Å². The van der Waals surface area contributed by atoms with Gasteiger partial charge in [-0.1, -0.05) is 6.92 Å². The van der Waals surface area contributed by atoms with E-state index < -0.39 is 0 Å². The standard InChI is InChI=1S/C9H14N2O3/c1-2-7(12)4-3-5-11-8(13)6-10-9(11)14/h2-6H2,1H3,(H,10,14). The summed E-state index contributed by atoms with van der Waals surface area (Å²) in [5.74, 6) is -0.0454. The average molecular weight is 198 g/mol. The number of imide groups is 1. The third-order valence-corrected chi connectivity index (χ3v) is 2.17. The fourth-order valence-corrected chi connectivity index (χ4v) is 1.29. The fraction of sp³-hybridized carbons (Fsp3) is 0.667. The zero-order valence-corrected chi connectivity index (χ0v) is 8.21. The summed E-state index contributed by atoms with van der Waals surface area (Å²) in [5.41, 5.74) is 0. The van der Waals surface area contributed by atoms with Crippen molar-refractivity contribution in [3.05, 3.63) is 0 Å². The number of rotatable bonds is 5. The van der Waals surface area contributed by atoms with Crippen molar-refractivity contribution in [2.24, 2.45) is 0 Å². The van der Waals surface area contributed by atoms with Crippen LogP contribution < -0.4 is 5.32 Å². The van der Waals surface area contributed by atoms with Crippen LogP contribution in [0, 0.1) is 0 Å². The maximum atomic E-state index is 11.1. The SMILES string of the molecule is CCC(=O)CCCN1C(=O)CNC1=O. The van der Waals surface area contributed by atoms with Gasteiger partial charge in [-0.3, -0.25) is 14.5 Å². The van der Waals surface area contributed by atoms with Crippen LogP contribution in [0.1, 0.15) is 26.2 Å². The summed E-state index contributed by atoms with van der Waals surface area (Å²) in [6, 6.07) is -0.348. The molecular weight excluding hydrogens is 184 g/mol. The molecule has 1 rings (SSSR count). The number of nitrogens with one attached hydrogen (secondary N) is 1. The Morgan fingerprint density at radius 1 is 1.50 bits per heavy atom. The lowest BCUT2D eigenvalue weighted by Gasteiger charge is -2.10. The Morgan fingerprint density at radius 2 is 2.21 bits per heavy atom. The van der Waals surface area contributed by atoms with Gasteiger partial charge in [0.05, 0.1) is 6.54 Å². The Morgan fingerprint density at radius 3 is 2.71 bits per heavy atom. The van der Waals surface area contributed by atoms with Crippen molar-refractivity contribution in [1.29, 1.82) is 0 Å². The molecule has 5 nitrogen and oxygen atoms in total. The van der Waals surface area contributed by atoms with Crippen molar-refractivity contribution in [3.63, 3.8) is 0 Å². The summed E-state index contributed by atoms with van der Waals surface area (Å²) in [4.78, 5) is 34.2. The lowest BCUT2D eigenvalue weighted by molar-refractivity contribution is -0.125. The second-order valence-corrected chi connectivity index (χ2v) is 3.20. The van der Waals surface area contributed by atoms with E-state index >= 15 is 0 Å². The molecule has 5 heteroatoms. The minimum atomic E-state index is -0.348. The highest BCUT2D eigenvalue weighted by Gasteiger charge is 2.27. The molecule has 14 heavy (non-hydrogen) atoms. The maximum Gasteiger partial charge on any atom is 0.324 e. The minimum absolute atomic E-state index is 0.0839. The molecule has 0 radical (unpaired) electrons. The average Bonchev–Trinajstić information content (AvgIpc) is 2.48. The first-order chi connectivity index (χ1) is 6.65. The lowest BCUT2D eigenvalue weighted by atomic mass is 10.2. The number of carbonyl (C=O) groups is 3. The molecular formula is C9H14N2O3. The number of hydrogen-bond acceptors (Lipinski definition) is 3. The number of urea groups is 1. The van der Waals surface area contributed by atoms with Crippen molar-refractivity contribution in [1.82, 2.24) is 10.2 Å². The summed E-state index contributed by atoms with van der Waals surface area (Å²) in [5, 5.41) is 2.42. The molecule has 0 atom stereocenters. The van der Waals surface area contributed by atoms with Crippen molar-refractivity contribution in [2.75, 3.05) is 13.1 Å². The van der Waals surface area contributed by atoms with Gasteiger partial charge in [-0.05, 0) is 6.42 Å². The van der Waals surface area contributed by atoms with Crippen LogP contribution in [0.4, 0.5) is 4.79 Å². The normalized spacial score (nSPS) is 15.9. The third kappa shape index (κ3) is 2.55. The van der Waals surface area contributed by atoms with Gasteiger partial charge in [0.25, 0.3) is 0 Å². The van der Waals surface area contributed by atoms with Crippen molar-refractivity contribution in [2.45, 2.75) is 26.2 Å². The van der Waals surface area contributed by atoms with Crippen LogP contribution in [-0.2, 0) is 9.59 Å². The Balaban J connectivity index is 2.27. The summed E-state index contributed by atoms with van der Waals surface area (Å²) < 4.78 is 0. The first-order valence-corrected chi connectivity index (χ1v) is 4.75. The minimum Gasteiger partial charge on any atom is -0.329 e. The monoisotopic (exact) mass is 198 g/mol. The molecule has 0 aromatic rings. The maximum absolute atomic E-state index is 11.1. The number of carbonyl (C=O) groups excluding carboxylic acids is 3. The Kier molecular flexibility index (Phi) is 3.62. The van der Waals surface area contributed by atoms with Gasteiger partial charge in [-0.15, -0.1) is 0 Å². The first-order valence-electron chi connectivity index (χ1n) is 4.75. The second kappa shape index (κ2) is 4.74. The molecule has 1 saturated heterocycles. The fourth-order valence-electron chi connectivity index (χ4n) is 1.29. The predicted octanol–water partition coefficient (Wildman–Crippen LogP) is 0.298. The van der Waals surface area contributed by atoms with Gasteiger partial charge >= 0.3 is 6.03 Å². The first kappa shape index (κ1) is 10.7. The lowest BCUT2D eigenvalue weighted by Crippen LogP contribution is -2.32. The van der Waals surface area contributed by atoms with Gasteiger partial charge in [0.1, 0.15) is 5.78 Å². The summed E-state index contributed by atoms with van der Waals surface area (Å²) in [6.07, 6.45) is 1.51. The van der Waals surface area contributed by atoms with E-state index in [1.165, 1.54) is 0 Å². The van der Waals surface area contributed by atoms with Crippen LogP contribution >= 0.6 is 0 Å². The molecule has 0 unspecified atom stereocenters. The van der Waals surface area contributed by atoms with Crippen molar-refractivity contribution < 1.29 is 14.4 Å². The van der Waals surface area contributed by atoms with Crippen LogP contribution in [0.25, 0.3) is 0 Å². The molecule has 78 valence electrons. The number of nitrogens with zero attached hydrogens (tertiary/aromatic N) is 1. The highest BCUT2D eigenvalue weighted by Crippen LogP contribution is 2.03. The van der Waals surface area contributed by atoms with E-state index in [9.17, 15) is 14.4 Å². The third-order valence-electron chi connectivity index (χ3n) is 2.17. The molecule has 0 saturated carbocycles. The van der Waals surface area contributed by atoms with Gasteiger partial charge < -0.3 is 5.32 Å². The number of hydrogen-bond donors (Lipinski definition) is 1. The zero-order chi connectivity index (χ0) is 10.6. The smallest absolute Gasteiger partial charge is 0.324 e. The molecule has 1 fully saturated rings. The van der Waals surface area contributed by atoms with Gasteiger partial charge in [0.15, 0.2) is 0 Å². The quantitative estimate of drug-likeness (QED) is 0.646. The summed E-state index contributed by atoms with van der Waals surface area (Å²) in [7, 11) is 0. The predicted molar refractivity (Wildman–Crippen MR) is 49.6 cm³/mol. The topological polar surface area (TPSA) is 66.5 Å². The zero-order valence-electron chi connectivity index (χ0n) is 8.21. The van der Waals surface area contributed by atoms with Crippen LogP contribution in [-0.4, -0.2) is 35.7 Å². The molecule has 0 spiro atoms. The van der Waals surface area contributed by atoms with Gasteiger partial charge in [-0.2, -0.15) is 0 Å².